The molecule has 0 unspecified atom stereocenters. The zero-order valence-electron chi connectivity index (χ0n) is 5.26. The maximum absolute atomic E-state index is 5.07. The number of hydrogen-bond donors (Lipinski definition) is 0. The molecule has 1 heterocycles. The molecule has 0 aromatic carbocycles. The fourth-order valence-corrected chi connectivity index (χ4v) is 0.687. The average Bonchev–Trinajstić information content (AvgIpc) is 1.72. The van der Waals surface area contributed by atoms with E-state index in [1.54, 1.807) is 0 Å². The minimum absolute atomic E-state index is 0. The van der Waals surface area contributed by atoms with Gasteiger partial charge in [-0.05, 0) is 19.3 Å². The van der Waals surface area contributed by atoms with Crippen molar-refractivity contribution in [1.29, 1.82) is 0 Å². The molecule has 0 saturated carbocycles. The predicted octanol–water partition coefficient (Wildman–Crippen LogP) is 0.947. The molecule has 0 atom stereocenters. The second-order valence-corrected chi connectivity index (χ2v) is 1.67. The molecule has 0 amide bonds. The molecule has 9 heavy (non-hydrogen) atoms. The maximum atomic E-state index is 5.07. The van der Waals surface area contributed by atoms with Gasteiger partial charge >= 0.3 is 21.7 Å². The van der Waals surface area contributed by atoms with Gasteiger partial charge in [-0.3, -0.25) is 0 Å². The standard InChI is InChI=1S/C5H10O.2O.Ti/c1-2-4-6-5-3-1;;;/h1-5H2;;;/q;2*-2;+4. The first kappa shape index (κ1) is 16.3. The summed E-state index contributed by atoms with van der Waals surface area (Å²) in [5.74, 6) is 0. The van der Waals surface area contributed by atoms with Gasteiger partial charge in [-0.15, -0.1) is 0 Å². The second-order valence-electron chi connectivity index (χ2n) is 1.67. The van der Waals surface area contributed by atoms with Crippen molar-refractivity contribution in [1.82, 2.24) is 0 Å². The summed E-state index contributed by atoms with van der Waals surface area (Å²) in [6.45, 7) is 2.00. The van der Waals surface area contributed by atoms with Crippen LogP contribution >= 0.6 is 0 Å². The molecule has 0 aromatic heterocycles. The first-order valence-corrected chi connectivity index (χ1v) is 2.58. The Morgan fingerprint density at radius 3 is 1.33 bits per heavy atom. The Balaban J connectivity index is -0.000000120. The van der Waals surface area contributed by atoms with Gasteiger partial charge in [-0.2, -0.15) is 0 Å². The minimum atomic E-state index is 0. The Hall–Kier alpha value is 0.594. The molecule has 0 N–H and O–H groups in total. The van der Waals surface area contributed by atoms with E-state index >= 15 is 0 Å². The van der Waals surface area contributed by atoms with Gasteiger partial charge in [0.2, 0.25) is 0 Å². The fraction of sp³-hybridized carbons (Fsp3) is 1.00. The van der Waals surface area contributed by atoms with E-state index in [0.29, 0.717) is 0 Å². The summed E-state index contributed by atoms with van der Waals surface area (Å²) < 4.78 is 5.07. The van der Waals surface area contributed by atoms with Crippen LogP contribution in [0.3, 0.4) is 0 Å². The number of hydrogen-bond acceptors (Lipinski definition) is 1. The maximum Gasteiger partial charge on any atom is 4.00 e. The van der Waals surface area contributed by atoms with Crippen molar-refractivity contribution in [3.05, 3.63) is 0 Å². The second kappa shape index (κ2) is 11.4. The Morgan fingerprint density at radius 2 is 1.22 bits per heavy atom. The zero-order chi connectivity index (χ0) is 4.24. The van der Waals surface area contributed by atoms with Crippen LogP contribution < -0.4 is 0 Å². The molecule has 1 rings (SSSR count). The SMILES string of the molecule is C1CCOCC1.[O-2].[O-2].[Ti+4]. The average molecular weight is 166 g/mol. The van der Waals surface area contributed by atoms with E-state index < -0.39 is 0 Å². The van der Waals surface area contributed by atoms with E-state index in [-0.39, 0.29) is 32.7 Å². The summed E-state index contributed by atoms with van der Waals surface area (Å²) in [5.41, 5.74) is 0. The molecule has 1 saturated heterocycles. The van der Waals surface area contributed by atoms with E-state index in [2.05, 4.69) is 0 Å². The normalized spacial score (nSPS) is 16.0. The first-order valence-electron chi connectivity index (χ1n) is 2.58. The molecule has 0 aliphatic carbocycles. The van der Waals surface area contributed by atoms with Crippen LogP contribution in [0.2, 0.25) is 0 Å². The van der Waals surface area contributed by atoms with Crippen LogP contribution in [0.1, 0.15) is 19.3 Å². The molecule has 3 nitrogen and oxygen atoms in total. The van der Waals surface area contributed by atoms with Gasteiger partial charge in [0, 0.05) is 13.2 Å². The van der Waals surface area contributed by atoms with Gasteiger partial charge < -0.3 is 15.7 Å². The van der Waals surface area contributed by atoms with E-state index in [9.17, 15) is 0 Å². The molecule has 52 valence electrons. The summed E-state index contributed by atoms with van der Waals surface area (Å²) >= 11 is 0. The Labute approximate surface area is 70.3 Å². The quantitative estimate of drug-likeness (QED) is 0.494. The van der Waals surface area contributed by atoms with Crippen LogP contribution in [0.15, 0.2) is 0 Å². The van der Waals surface area contributed by atoms with Crippen molar-refractivity contribution in [2.24, 2.45) is 0 Å². The van der Waals surface area contributed by atoms with Crippen LogP contribution in [-0.2, 0) is 37.4 Å². The van der Waals surface area contributed by atoms with Gasteiger partial charge in [-0.25, -0.2) is 0 Å². The van der Waals surface area contributed by atoms with Crippen molar-refractivity contribution in [2.45, 2.75) is 19.3 Å². The summed E-state index contributed by atoms with van der Waals surface area (Å²) in [6.07, 6.45) is 3.93. The van der Waals surface area contributed by atoms with Crippen molar-refractivity contribution < 1.29 is 37.4 Å². The molecule has 4 heteroatoms. The topological polar surface area (TPSA) is 66.2 Å². The summed E-state index contributed by atoms with van der Waals surface area (Å²) in [7, 11) is 0. The molecule has 1 fully saturated rings. The predicted molar refractivity (Wildman–Crippen MR) is 26.0 cm³/mol. The molecule has 0 aromatic rings. The molecular formula is C5H10O3Ti. The third-order valence-electron chi connectivity index (χ3n) is 1.08. The van der Waals surface area contributed by atoms with E-state index in [1.165, 1.54) is 19.3 Å². The Kier molecular flexibility index (Phi) is 20.6. The van der Waals surface area contributed by atoms with Crippen molar-refractivity contribution in [3.8, 4) is 0 Å². The largest absolute Gasteiger partial charge is 4.00 e. The van der Waals surface area contributed by atoms with Crippen LogP contribution in [0.5, 0.6) is 0 Å². The van der Waals surface area contributed by atoms with Gasteiger partial charge in [-0.1, -0.05) is 0 Å². The molecule has 1 aliphatic heterocycles. The summed E-state index contributed by atoms with van der Waals surface area (Å²) in [4.78, 5) is 0. The van der Waals surface area contributed by atoms with Gasteiger partial charge in [0.25, 0.3) is 0 Å². The third kappa shape index (κ3) is 8.59. The van der Waals surface area contributed by atoms with Crippen molar-refractivity contribution in [2.75, 3.05) is 13.2 Å². The third-order valence-corrected chi connectivity index (χ3v) is 1.08. The van der Waals surface area contributed by atoms with Crippen LogP contribution in [0, 0.1) is 0 Å². The Bertz CT molecular complexity index is 27.7. The van der Waals surface area contributed by atoms with Crippen LogP contribution in [0.4, 0.5) is 0 Å². The first-order chi connectivity index (χ1) is 3.00. The van der Waals surface area contributed by atoms with E-state index in [4.69, 9.17) is 4.74 Å². The fourth-order valence-electron chi connectivity index (χ4n) is 0.687. The monoisotopic (exact) mass is 166 g/mol. The van der Waals surface area contributed by atoms with E-state index in [1.807, 2.05) is 0 Å². The molecule has 1 aliphatic rings. The number of ether oxygens (including phenoxy) is 1. The summed E-state index contributed by atoms with van der Waals surface area (Å²) in [6, 6.07) is 0. The van der Waals surface area contributed by atoms with Gasteiger partial charge in [0.15, 0.2) is 0 Å². The molecule has 0 spiro atoms. The summed E-state index contributed by atoms with van der Waals surface area (Å²) in [5, 5.41) is 0. The van der Waals surface area contributed by atoms with E-state index in [0.717, 1.165) is 13.2 Å². The van der Waals surface area contributed by atoms with Crippen LogP contribution in [0.25, 0.3) is 0 Å². The number of rotatable bonds is 0. The minimum Gasteiger partial charge on any atom is -2.00 e. The zero-order valence-corrected chi connectivity index (χ0v) is 6.82. The molecule has 0 bridgehead atoms. The van der Waals surface area contributed by atoms with Crippen LogP contribution in [-0.4, -0.2) is 13.2 Å². The van der Waals surface area contributed by atoms with Crippen molar-refractivity contribution in [3.63, 3.8) is 0 Å². The van der Waals surface area contributed by atoms with Crippen molar-refractivity contribution >= 4 is 0 Å². The molecular weight excluding hydrogens is 156 g/mol. The smallest absolute Gasteiger partial charge is 2.00 e. The van der Waals surface area contributed by atoms with Gasteiger partial charge in [0.05, 0.1) is 0 Å². The van der Waals surface area contributed by atoms with Gasteiger partial charge in [0.1, 0.15) is 0 Å². The Morgan fingerprint density at radius 1 is 0.778 bits per heavy atom. The molecule has 0 radical (unpaired) electrons.